The van der Waals surface area contributed by atoms with Crippen LogP contribution in [0, 0.1) is 6.92 Å². The SMILES string of the molecule is Cc1cc(N(CCC(N)=S)c2ccccc2)ncn1. The zero-order chi connectivity index (χ0) is 13.7. The van der Waals surface area contributed by atoms with Crippen molar-refractivity contribution in [3.63, 3.8) is 0 Å². The number of aromatic nitrogens is 2. The van der Waals surface area contributed by atoms with Gasteiger partial charge in [-0.15, -0.1) is 0 Å². The maximum Gasteiger partial charge on any atom is 0.136 e. The van der Waals surface area contributed by atoms with Crippen molar-refractivity contribution in [1.82, 2.24) is 9.97 Å². The van der Waals surface area contributed by atoms with Gasteiger partial charge in [0.05, 0.1) is 4.99 Å². The Balaban J connectivity index is 2.31. The molecule has 5 heteroatoms. The molecule has 0 aliphatic rings. The number of hydrogen-bond donors (Lipinski definition) is 1. The van der Waals surface area contributed by atoms with Crippen LogP contribution in [0.25, 0.3) is 0 Å². The van der Waals surface area contributed by atoms with Crippen molar-refractivity contribution in [3.8, 4) is 0 Å². The van der Waals surface area contributed by atoms with E-state index in [1.807, 2.05) is 43.3 Å². The van der Waals surface area contributed by atoms with E-state index in [4.69, 9.17) is 18.0 Å². The van der Waals surface area contributed by atoms with Crippen LogP contribution in [-0.2, 0) is 0 Å². The molecule has 0 amide bonds. The van der Waals surface area contributed by atoms with Crippen LogP contribution in [0.15, 0.2) is 42.7 Å². The van der Waals surface area contributed by atoms with Crippen molar-refractivity contribution in [2.24, 2.45) is 5.73 Å². The third-order valence-electron chi connectivity index (χ3n) is 2.72. The molecule has 0 aliphatic carbocycles. The van der Waals surface area contributed by atoms with Gasteiger partial charge in [0.25, 0.3) is 0 Å². The Bertz CT molecular complexity index is 556. The van der Waals surface area contributed by atoms with Gasteiger partial charge in [-0.25, -0.2) is 9.97 Å². The molecule has 19 heavy (non-hydrogen) atoms. The Hall–Kier alpha value is -2.01. The first-order chi connectivity index (χ1) is 9.16. The number of anilines is 2. The van der Waals surface area contributed by atoms with E-state index in [1.165, 1.54) is 0 Å². The van der Waals surface area contributed by atoms with E-state index in [9.17, 15) is 0 Å². The fourth-order valence-corrected chi connectivity index (χ4v) is 1.89. The molecule has 1 aromatic heterocycles. The molecule has 0 spiro atoms. The van der Waals surface area contributed by atoms with Gasteiger partial charge in [0.15, 0.2) is 0 Å². The van der Waals surface area contributed by atoms with E-state index in [-0.39, 0.29) is 0 Å². The van der Waals surface area contributed by atoms with Crippen molar-refractivity contribution < 1.29 is 0 Å². The molecule has 0 atom stereocenters. The van der Waals surface area contributed by atoms with Crippen molar-refractivity contribution in [3.05, 3.63) is 48.4 Å². The highest BCUT2D eigenvalue weighted by atomic mass is 32.1. The summed E-state index contributed by atoms with van der Waals surface area (Å²) in [5.41, 5.74) is 7.60. The van der Waals surface area contributed by atoms with E-state index >= 15 is 0 Å². The fraction of sp³-hybridized carbons (Fsp3) is 0.214. The van der Waals surface area contributed by atoms with Crippen LogP contribution in [0.3, 0.4) is 0 Å². The normalized spacial score (nSPS) is 10.2. The van der Waals surface area contributed by atoms with E-state index in [1.54, 1.807) is 6.33 Å². The van der Waals surface area contributed by atoms with Gasteiger partial charge in [-0.3, -0.25) is 0 Å². The Morgan fingerprint density at radius 2 is 2.00 bits per heavy atom. The molecular weight excluding hydrogens is 256 g/mol. The predicted molar refractivity (Wildman–Crippen MR) is 81.6 cm³/mol. The van der Waals surface area contributed by atoms with E-state index < -0.39 is 0 Å². The number of benzene rings is 1. The number of thiocarbonyl (C=S) groups is 1. The van der Waals surface area contributed by atoms with Gasteiger partial charge >= 0.3 is 0 Å². The van der Waals surface area contributed by atoms with Gasteiger partial charge in [-0.2, -0.15) is 0 Å². The molecule has 1 heterocycles. The summed E-state index contributed by atoms with van der Waals surface area (Å²) in [6.07, 6.45) is 2.22. The highest BCUT2D eigenvalue weighted by Crippen LogP contribution is 2.23. The molecule has 1 aromatic carbocycles. The van der Waals surface area contributed by atoms with Gasteiger partial charge < -0.3 is 10.6 Å². The molecule has 2 N–H and O–H groups in total. The predicted octanol–water partition coefficient (Wildman–Crippen LogP) is 2.60. The van der Waals surface area contributed by atoms with Gasteiger partial charge in [-0.05, 0) is 19.1 Å². The summed E-state index contributed by atoms with van der Waals surface area (Å²) < 4.78 is 0. The second kappa shape index (κ2) is 6.24. The zero-order valence-corrected chi connectivity index (χ0v) is 11.6. The lowest BCUT2D eigenvalue weighted by Crippen LogP contribution is -2.24. The van der Waals surface area contributed by atoms with Crippen LogP contribution in [0.1, 0.15) is 12.1 Å². The van der Waals surface area contributed by atoms with Crippen LogP contribution < -0.4 is 10.6 Å². The number of rotatable bonds is 5. The third kappa shape index (κ3) is 3.72. The fourth-order valence-electron chi connectivity index (χ4n) is 1.79. The summed E-state index contributed by atoms with van der Waals surface area (Å²) in [6, 6.07) is 12.0. The number of para-hydroxylation sites is 1. The molecule has 0 radical (unpaired) electrons. The number of hydrogen-bond acceptors (Lipinski definition) is 4. The lowest BCUT2D eigenvalue weighted by Gasteiger charge is -2.23. The number of nitrogens with zero attached hydrogens (tertiary/aromatic N) is 3. The van der Waals surface area contributed by atoms with E-state index in [0.29, 0.717) is 18.0 Å². The Kier molecular flexibility index (Phi) is 4.41. The smallest absolute Gasteiger partial charge is 0.136 e. The van der Waals surface area contributed by atoms with Gasteiger partial charge in [0, 0.05) is 30.4 Å². The Morgan fingerprint density at radius 3 is 2.63 bits per heavy atom. The first-order valence-corrected chi connectivity index (χ1v) is 6.47. The quantitative estimate of drug-likeness (QED) is 0.848. The molecule has 0 saturated carbocycles. The number of nitrogens with two attached hydrogens (primary N) is 1. The van der Waals surface area contributed by atoms with Crippen LogP contribution in [-0.4, -0.2) is 21.5 Å². The number of aryl methyl sites for hydroxylation is 1. The molecule has 0 saturated heterocycles. The molecule has 2 rings (SSSR count). The molecule has 0 unspecified atom stereocenters. The van der Waals surface area contributed by atoms with E-state index in [0.717, 1.165) is 17.2 Å². The lowest BCUT2D eigenvalue weighted by molar-refractivity contribution is 0.929. The molecular formula is C14H16N4S. The topological polar surface area (TPSA) is 55.0 Å². The van der Waals surface area contributed by atoms with Crippen molar-refractivity contribution in [2.45, 2.75) is 13.3 Å². The monoisotopic (exact) mass is 272 g/mol. The van der Waals surface area contributed by atoms with E-state index in [2.05, 4.69) is 14.9 Å². The van der Waals surface area contributed by atoms with Crippen LogP contribution >= 0.6 is 12.2 Å². The highest BCUT2D eigenvalue weighted by Gasteiger charge is 2.11. The van der Waals surface area contributed by atoms with Crippen molar-refractivity contribution in [2.75, 3.05) is 11.4 Å². The van der Waals surface area contributed by atoms with Crippen LogP contribution in [0.4, 0.5) is 11.5 Å². The summed E-state index contributed by atoms with van der Waals surface area (Å²) in [7, 11) is 0. The minimum atomic E-state index is 0.506. The summed E-state index contributed by atoms with van der Waals surface area (Å²) in [5, 5.41) is 0. The highest BCUT2D eigenvalue weighted by molar-refractivity contribution is 7.80. The first-order valence-electron chi connectivity index (χ1n) is 6.06. The standard InChI is InChI=1S/C14H16N4S/c1-11-9-14(17-10-16-11)18(8-7-13(15)19)12-5-3-2-4-6-12/h2-6,9-10H,7-8H2,1H3,(H2,15,19). The largest absolute Gasteiger partial charge is 0.393 e. The summed E-state index contributed by atoms with van der Waals surface area (Å²) in [6.45, 7) is 2.65. The Labute approximate surface area is 118 Å². The van der Waals surface area contributed by atoms with Crippen LogP contribution in [0.2, 0.25) is 0 Å². The maximum absolute atomic E-state index is 5.60. The van der Waals surface area contributed by atoms with Gasteiger partial charge in [0.1, 0.15) is 12.1 Å². The minimum Gasteiger partial charge on any atom is -0.393 e. The molecule has 4 nitrogen and oxygen atoms in total. The lowest BCUT2D eigenvalue weighted by atomic mass is 10.2. The van der Waals surface area contributed by atoms with Crippen molar-refractivity contribution in [1.29, 1.82) is 0 Å². The molecule has 0 bridgehead atoms. The molecule has 2 aromatic rings. The minimum absolute atomic E-state index is 0.506. The first kappa shape index (κ1) is 13.4. The van der Waals surface area contributed by atoms with Gasteiger partial charge in [0.2, 0.25) is 0 Å². The second-order valence-electron chi connectivity index (χ2n) is 4.22. The summed E-state index contributed by atoms with van der Waals surface area (Å²) in [4.78, 5) is 11.0. The summed E-state index contributed by atoms with van der Waals surface area (Å²) in [5.74, 6) is 0.856. The van der Waals surface area contributed by atoms with Crippen LogP contribution in [0.5, 0.6) is 0 Å². The molecule has 0 aliphatic heterocycles. The van der Waals surface area contributed by atoms with Gasteiger partial charge in [-0.1, -0.05) is 30.4 Å². The Morgan fingerprint density at radius 1 is 1.26 bits per heavy atom. The zero-order valence-electron chi connectivity index (χ0n) is 10.8. The van der Waals surface area contributed by atoms with Crippen molar-refractivity contribution >= 4 is 28.7 Å². The second-order valence-corrected chi connectivity index (χ2v) is 4.75. The molecule has 98 valence electrons. The third-order valence-corrected chi connectivity index (χ3v) is 2.92. The molecule has 0 fully saturated rings. The average molecular weight is 272 g/mol. The maximum atomic E-state index is 5.60. The average Bonchev–Trinajstić information content (AvgIpc) is 2.40. The summed E-state index contributed by atoms with van der Waals surface area (Å²) >= 11 is 4.96.